The van der Waals surface area contributed by atoms with Crippen molar-refractivity contribution in [3.63, 3.8) is 0 Å². The van der Waals surface area contributed by atoms with E-state index in [1.54, 1.807) is 6.33 Å². The summed E-state index contributed by atoms with van der Waals surface area (Å²) in [5.41, 5.74) is 5.37. The first-order valence-corrected chi connectivity index (χ1v) is 5.77. The molecule has 86 valence electrons. The van der Waals surface area contributed by atoms with Crippen molar-refractivity contribution >= 4 is 11.0 Å². The molecular formula is C13H14N4. The third kappa shape index (κ3) is 1.62. The van der Waals surface area contributed by atoms with Crippen LogP contribution in [0.25, 0.3) is 16.7 Å². The minimum atomic E-state index is 0.974. The molecule has 0 fully saturated rings. The van der Waals surface area contributed by atoms with E-state index >= 15 is 0 Å². The van der Waals surface area contributed by atoms with Crippen LogP contribution in [0.15, 0.2) is 30.6 Å². The number of aromatic amines is 1. The van der Waals surface area contributed by atoms with Gasteiger partial charge in [-0.1, -0.05) is 6.92 Å². The number of fused-ring (bicyclic) bond motifs is 1. The third-order valence-corrected chi connectivity index (χ3v) is 2.92. The fraction of sp³-hybridized carbons (Fsp3) is 0.231. The Kier molecular flexibility index (Phi) is 2.21. The number of benzene rings is 1. The predicted molar refractivity (Wildman–Crippen MR) is 67.3 cm³/mol. The molecule has 3 rings (SSSR count). The minimum absolute atomic E-state index is 0.974. The van der Waals surface area contributed by atoms with Gasteiger partial charge in [0.25, 0.3) is 0 Å². The maximum atomic E-state index is 4.53. The first kappa shape index (κ1) is 10.1. The Hall–Kier alpha value is -2.10. The maximum Gasteiger partial charge on any atom is 0.0931 e. The highest BCUT2D eigenvalue weighted by molar-refractivity contribution is 5.76. The first-order chi connectivity index (χ1) is 8.28. The molecule has 2 aromatic heterocycles. The molecule has 0 radical (unpaired) electrons. The van der Waals surface area contributed by atoms with Gasteiger partial charge in [0.2, 0.25) is 0 Å². The van der Waals surface area contributed by atoms with E-state index in [0.29, 0.717) is 0 Å². The highest BCUT2D eigenvalue weighted by Gasteiger charge is 2.07. The van der Waals surface area contributed by atoms with Crippen LogP contribution in [0.3, 0.4) is 0 Å². The van der Waals surface area contributed by atoms with E-state index in [4.69, 9.17) is 0 Å². The number of hydrogen-bond acceptors (Lipinski definition) is 2. The number of nitrogens with zero attached hydrogens (tertiary/aromatic N) is 3. The number of nitrogens with one attached hydrogen (secondary N) is 1. The smallest absolute Gasteiger partial charge is 0.0931 e. The molecule has 3 aromatic rings. The maximum absolute atomic E-state index is 4.53. The second kappa shape index (κ2) is 3.73. The van der Waals surface area contributed by atoms with Crippen molar-refractivity contribution in [2.75, 3.05) is 0 Å². The number of H-pyrrole nitrogens is 1. The predicted octanol–water partition coefficient (Wildman–Crippen LogP) is 2.62. The molecule has 0 atom stereocenters. The number of imidazole rings is 1. The van der Waals surface area contributed by atoms with Gasteiger partial charge in [0, 0.05) is 5.69 Å². The van der Waals surface area contributed by atoms with E-state index in [9.17, 15) is 0 Å². The molecule has 1 N–H and O–H groups in total. The van der Waals surface area contributed by atoms with E-state index < -0.39 is 0 Å². The third-order valence-electron chi connectivity index (χ3n) is 2.92. The van der Waals surface area contributed by atoms with E-state index in [1.165, 1.54) is 5.69 Å². The summed E-state index contributed by atoms with van der Waals surface area (Å²) in [5, 5.41) is 4.53. The Morgan fingerprint density at radius 3 is 3.00 bits per heavy atom. The number of aromatic nitrogens is 4. The van der Waals surface area contributed by atoms with Crippen LogP contribution in [0.2, 0.25) is 0 Å². The van der Waals surface area contributed by atoms with Gasteiger partial charge in [-0.3, -0.25) is 0 Å². The van der Waals surface area contributed by atoms with Gasteiger partial charge in [-0.15, -0.1) is 0 Å². The van der Waals surface area contributed by atoms with Crippen molar-refractivity contribution in [2.45, 2.75) is 20.3 Å². The number of rotatable bonds is 2. The van der Waals surface area contributed by atoms with E-state index in [2.05, 4.69) is 40.2 Å². The van der Waals surface area contributed by atoms with Gasteiger partial charge in [0.05, 0.1) is 28.7 Å². The van der Waals surface area contributed by atoms with E-state index in [-0.39, 0.29) is 0 Å². The average Bonchev–Trinajstić information content (AvgIpc) is 2.93. The summed E-state index contributed by atoms with van der Waals surface area (Å²) in [4.78, 5) is 7.34. The zero-order valence-electron chi connectivity index (χ0n) is 9.94. The Morgan fingerprint density at radius 1 is 1.29 bits per heavy atom. The zero-order valence-corrected chi connectivity index (χ0v) is 9.94. The van der Waals surface area contributed by atoms with Gasteiger partial charge in [-0.05, 0) is 37.6 Å². The molecule has 0 saturated carbocycles. The van der Waals surface area contributed by atoms with Crippen LogP contribution in [0.5, 0.6) is 0 Å². The van der Waals surface area contributed by atoms with E-state index in [1.807, 2.05) is 17.7 Å². The van der Waals surface area contributed by atoms with Gasteiger partial charge in [0.1, 0.15) is 0 Å². The molecule has 0 aliphatic carbocycles. The molecule has 4 nitrogen and oxygen atoms in total. The Balaban J connectivity index is 2.18. The molecule has 0 saturated heterocycles. The fourth-order valence-electron chi connectivity index (χ4n) is 2.08. The summed E-state index contributed by atoms with van der Waals surface area (Å²) in [6.07, 6.45) is 2.69. The molecule has 0 amide bonds. The Bertz CT molecular complexity index is 663. The summed E-state index contributed by atoms with van der Waals surface area (Å²) in [6, 6.07) is 8.26. The summed E-state index contributed by atoms with van der Waals surface area (Å²) in [6.45, 7) is 4.16. The van der Waals surface area contributed by atoms with Crippen LogP contribution in [0.4, 0.5) is 0 Å². The van der Waals surface area contributed by atoms with Crippen LogP contribution < -0.4 is 0 Å². The lowest BCUT2D eigenvalue weighted by Crippen LogP contribution is -2.01. The zero-order chi connectivity index (χ0) is 11.8. The fourth-order valence-corrected chi connectivity index (χ4v) is 2.08. The normalized spacial score (nSPS) is 11.2. The van der Waals surface area contributed by atoms with Crippen LogP contribution in [0, 0.1) is 6.92 Å². The second-order valence-corrected chi connectivity index (χ2v) is 4.15. The monoisotopic (exact) mass is 226 g/mol. The quantitative estimate of drug-likeness (QED) is 0.730. The molecule has 0 spiro atoms. The van der Waals surface area contributed by atoms with Crippen LogP contribution in [-0.4, -0.2) is 19.7 Å². The second-order valence-electron chi connectivity index (χ2n) is 4.15. The van der Waals surface area contributed by atoms with Gasteiger partial charge >= 0.3 is 0 Å². The van der Waals surface area contributed by atoms with E-state index in [0.717, 1.165) is 28.8 Å². The van der Waals surface area contributed by atoms with Gasteiger partial charge in [-0.2, -0.15) is 5.10 Å². The molecule has 2 heterocycles. The lowest BCUT2D eigenvalue weighted by molar-refractivity contribution is 0.805. The minimum Gasteiger partial charge on any atom is -0.345 e. The topological polar surface area (TPSA) is 46.5 Å². The summed E-state index contributed by atoms with van der Waals surface area (Å²) < 4.78 is 2.00. The SMILES string of the molecule is CCc1cc(C)nn1-c1ccc2nc[nH]c2c1. The first-order valence-electron chi connectivity index (χ1n) is 5.77. The molecular weight excluding hydrogens is 212 g/mol. The van der Waals surface area contributed by atoms with Crippen LogP contribution in [-0.2, 0) is 6.42 Å². The highest BCUT2D eigenvalue weighted by Crippen LogP contribution is 2.17. The van der Waals surface area contributed by atoms with Crippen molar-refractivity contribution in [3.05, 3.63) is 42.0 Å². The van der Waals surface area contributed by atoms with Gasteiger partial charge in [-0.25, -0.2) is 9.67 Å². The van der Waals surface area contributed by atoms with Crippen molar-refractivity contribution in [1.29, 1.82) is 0 Å². The number of hydrogen-bond donors (Lipinski definition) is 1. The van der Waals surface area contributed by atoms with Crippen LogP contribution in [0.1, 0.15) is 18.3 Å². The summed E-state index contributed by atoms with van der Waals surface area (Å²) >= 11 is 0. The molecule has 0 aliphatic rings. The lowest BCUT2D eigenvalue weighted by atomic mass is 10.2. The van der Waals surface area contributed by atoms with Crippen LogP contribution >= 0.6 is 0 Å². The standard InChI is InChI=1S/C13H14N4/c1-3-10-6-9(2)16-17(10)11-4-5-12-13(7-11)15-8-14-12/h4-8H,3H2,1-2H3,(H,14,15). The summed E-state index contributed by atoms with van der Waals surface area (Å²) in [5.74, 6) is 0. The largest absolute Gasteiger partial charge is 0.345 e. The molecule has 17 heavy (non-hydrogen) atoms. The van der Waals surface area contributed by atoms with Crippen molar-refractivity contribution < 1.29 is 0 Å². The Labute approximate surface area is 99.3 Å². The molecule has 0 bridgehead atoms. The number of aryl methyl sites for hydroxylation is 2. The van der Waals surface area contributed by atoms with Gasteiger partial charge < -0.3 is 4.98 Å². The average molecular weight is 226 g/mol. The van der Waals surface area contributed by atoms with Gasteiger partial charge in [0.15, 0.2) is 0 Å². The van der Waals surface area contributed by atoms with Crippen molar-refractivity contribution in [3.8, 4) is 5.69 Å². The van der Waals surface area contributed by atoms with Crippen molar-refractivity contribution in [1.82, 2.24) is 19.7 Å². The lowest BCUT2D eigenvalue weighted by Gasteiger charge is -2.05. The summed E-state index contributed by atoms with van der Waals surface area (Å²) in [7, 11) is 0. The molecule has 1 aromatic carbocycles. The molecule has 0 unspecified atom stereocenters. The molecule has 0 aliphatic heterocycles. The molecule has 4 heteroatoms. The Morgan fingerprint density at radius 2 is 2.18 bits per heavy atom. The highest BCUT2D eigenvalue weighted by atomic mass is 15.3. The van der Waals surface area contributed by atoms with Crippen molar-refractivity contribution in [2.24, 2.45) is 0 Å².